The van der Waals surface area contributed by atoms with Crippen LogP contribution < -0.4 is 0 Å². The molecular weight excluding hydrogens is 317 g/mol. The molecule has 0 N–H and O–H groups in total. The third-order valence-corrected chi connectivity index (χ3v) is 1.11. The van der Waals surface area contributed by atoms with Crippen molar-refractivity contribution in [2.75, 3.05) is 7.11 Å². The van der Waals surface area contributed by atoms with Crippen LogP contribution in [-0.2, 0) is 22.7 Å². The number of methoxy groups -OCH3 is 1. The van der Waals surface area contributed by atoms with E-state index in [-0.39, 0.29) is 25.1 Å². The third-order valence-electron chi connectivity index (χ3n) is 1.11. The Hall–Kier alpha value is 1.05. The topological polar surface area (TPSA) is 26.3 Å². The summed E-state index contributed by atoms with van der Waals surface area (Å²) in [4.78, 5) is 10.4. The third kappa shape index (κ3) is 5.81. The first-order chi connectivity index (χ1) is 4.76. The molecule has 10 heavy (non-hydrogen) atoms. The Bertz CT molecular complexity index is 106. The maximum absolute atomic E-state index is 10.4. The van der Waals surface area contributed by atoms with Crippen molar-refractivity contribution < 1.29 is 22.7 Å². The van der Waals surface area contributed by atoms with Crippen molar-refractivity contribution in [3.63, 3.8) is 0 Å². The molecule has 1 aliphatic carbocycles. The zero-order valence-corrected chi connectivity index (χ0v) is 11.9. The van der Waals surface area contributed by atoms with Crippen molar-refractivity contribution >= 4 is 33.2 Å². The number of esters is 1. The molecule has 0 unspecified atom stereocenters. The first-order valence-electron chi connectivity index (χ1n) is 2.96. The first-order valence-corrected chi connectivity index (χ1v) is 16.9. The van der Waals surface area contributed by atoms with Crippen LogP contribution in [0.5, 0.6) is 0 Å². The minimum atomic E-state index is -0.250. The summed E-state index contributed by atoms with van der Waals surface area (Å²) in [5.41, 5.74) is 0. The molecule has 0 aromatic heterocycles. The van der Waals surface area contributed by atoms with Crippen LogP contribution in [0.3, 0.4) is 0 Å². The number of hydrogen-bond donors (Lipinski definition) is 0. The Balaban J connectivity index is 0.000000236. The number of hydrogen-bond acceptors (Lipinski definition) is 2. The van der Waals surface area contributed by atoms with E-state index in [2.05, 4.69) is 32.0 Å². The van der Waals surface area contributed by atoms with Crippen LogP contribution in [0.15, 0.2) is 0 Å². The Morgan fingerprint density at radius 1 is 1.60 bits per heavy atom. The average Bonchev–Trinajstić information content (AvgIpc) is 2.69. The van der Waals surface area contributed by atoms with Gasteiger partial charge in [0.1, 0.15) is 0 Å². The molecule has 0 bridgehead atoms. The second-order valence-corrected chi connectivity index (χ2v) is 16.0. The van der Waals surface area contributed by atoms with Gasteiger partial charge in [-0.3, -0.25) is 4.79 Å². The van der Waals surface area contributed by atoms with E-state index in [1.54, 1.807) is 0 Å². The van der Waals surface area contributed by atoms with Gasteiger partial charge in [0.2, 0.25) is 0 Å². The monoisotopic (exact) mass is 322 g/mol. The van der Waals surface area contributed by atoms with E-state index in [0.29, 0.717) is 0 Å². The van der Waals surface area contributed by atoms with Crippen LogP contribution in [0.25, 0.3) is 0 Å². The second kappa shape index (κ2) is 6.74. The number of halogens is 2. The predicted molar refractivity (Wildman–Crippen MR) is 42.6 cm³/mol. The van der Waals surface area contributed by atoms with Crippen LogP contribution in [0.2, 0.25) is 0 Å². The quantitative estimate of drug-likeness (QED) is 0.546. The van der Waals surface area contributed by atoms with E-state index < -0.39 is 0 Å². The molecule has 1 saturated carbocycles. The number of ether oxygens (including phenoxy) is 1. The van der Waals surface area contributed by atoms with Gasteiger partial charge in [-0.15, -0.1) is 0 Å². The molecule has 1 aliphatic rings. The fourth-order valence-corrected chi connectivity index (χ4v) is 0.486. The van der Waals surface area contributed by atoms with Crippen molar-refractivity contribution in [2.24, 2.45) is 5.92 Å². The molecule has 0 aliphatic heterocycles. The zero-order chi connectivity index (χ0) is 7.98. The van der Waals surface area contributed by atoms with Crippen LogP contribution in [-0.4, -0.2) is 13.1 Å². The van der Waals surface area contributed by atoms with E-state index in [1.165, 1.54) is 7.11 Å². The first kappa shape index (κ1) is 11.1. The molecule has 2 nitrogen and oxygen atoms in total. The Morgan fingerprint density at radius 3 is 2.10 bits per heavy atom. The van der Waals surface area contributed by atoms with Crippen molar-refractivity contribution in [3.8, 4) is 0 Å². The molecule has 0 spiro atoms. The number of rotatable bonds is 1. The SMILES string of the molecule is COC(=O)C1CC1.[Br][Zn][Br]. The van der Waals surface area contributed by atoms with Gasteiger partial charge in [-0.2, -0.15) is 0 Å². The van der Waals surface area contributed by atoms with Crippen LogP contribution in [0.4, 0.5) is 0 Å². The van der Waals surface area contributed by atoms with Gasteiger partial charge in [-0.25, -0.2) is 0 Å². The molecule has 0 aromatic rings. The minimum absolute atomic E-state index is 0.0417. The summed E-state index contributed by atoms with van der Waals surface area (Å²) < 4.78 is 4.44. The molecule has 0 saturated heterocycles. The summed E-state index contributed by atoms with van der Waals surface area (Å²) in [5, 5.41) is 0. The molecule has 0 amide bonds. The van der Waals surface area contributed by atoms with E-state index in [1.807, 2.05) is 0 Å². The Kier molecular flexibility index (Phi) is 7.45. The summed E-state index contributed by atoms with van der Waals surface area (Å²) in [5.74, 6) is 0.213. The molecule has 56 valence electrons. The van der Waals surface area contributed by atoms with Gasteiger partial charge in [0, 0.05) is 0 Å². The summed E-state index contributed by atoms with van der Waals surface area (Å²) in [7, 11) is 1.43. The molecule has 0 aromatic carbocycles. The normalized spacial score (nSPS) is 14.3. The summed E-state index contributed by atoms with van der Waals surface area (Å²) in [6, 6.07) is 0. The van der Waals surface area contributed by atoms with Crippen LogP contribution >= 0.6 is 27.2 Å². The van der Waals surface area contributed by atoms with Gasteiger partial charge in [0.15, 0.2) is 0 Å². The number of carbonyl (C=O) groups is 1. The van der Waals surface area contributed by atoms with E-state index in [0.717, 1.165) is 12.8 Å². The van der Waals surface area contributed by atoms with Gasteiger partial charge in [0.05, 0.1) is 13.0 Å². The molecule has 0 radical (unpaired) electrons. The van der Waals surface area contributed by atoms with Crippen LogP contribution in [0.1, 0.15) is 12.8 Å². The fourth-order valence-electron chi connectivity index (χ4n) is 0.486. The van der Waals surface area contributed by atoms with Crippen LogP contribution in [0, 0.1) is 5.92 Å². The molecule has 5 heteroatoms. The molecule has 0 atom stereocenters. The van der Waals surface area contributed by atoms with Gasteiger partial charge in [0.25, 0.3) is 0 Å². The van der Waals surface area contributed by atoms with E-state index in [4.69, 9.17) is 0 Å². The fraction of sp³-hybridized carbons (Fsp3) is 0.800. The molecule has 1 rings (SSSR count). The van der Waals surface area contributed by atoms with Crippen molar-refractivity contribution in [1.82, 2.24) is 0 Å². The Labute approximate surface area is 81.4 Å². The van der Waals surface area contributed by atoms with Crippen molar-refractivity contribution in [1.29, 1.82) is 0 Å². The predicted octanol–water partition coefficient (Wildman–Crippen LogP) is 2.26. The van der Waals surface area contributed by atoms with E-state index >= 15 is 0 Å². The van der Waals surface area contributed by atoms with Gasteiger partial charge < -0.3 is 4.74 Å². The zero-order valence-electron chi connectivity index (χ0n) is 5.77. The summed E-state index contributed by atoms with van der Waals surface area (Å²) in [6.45, 7) is 0. The van der Waals surface area contributed by atoms with E-state index in [9.17, 15) is 4.79 Å². The Morgan fingerprint density at radius 2 is 2.00 bits per heavy atom. The average molecular weight is 325 g/mol. The maximum atomic E-state index is 10.4. The summed E-state index contributed by atoms with van der Waals surface area (Å²) in [6.07, 6.45) is 2.07. The van der Waals surface area contributed by atoms with Gasteiger partial charge in [-0.05, 0) is 12.8 Å². The van der Waals surface area contributed by atoms with Gasteiger partial charge in [-0.1, -0.05) is 0 Å². The van der Waals surface area contributed by atoms with Crippen molar-refractivity contribution in [3.05, 3.63) is 0 Å². The van der Waals surface area contributed by atoms with Crippen molar-refractivity contribution in [2.45, 2.75) is 12.8 Å². The molecule has 0 heterocycles. The van der Waals surface area contributed by atoms with Gasteiger partial charge >= 0.3 is 46.4 Å². The number of carbonyl (C=O) groups excluding carboxylic acids is 1. The standard InChI is InChI=1S/C5H8O2.2BrH.Zn/c1-7-5(6)4-2-3-4;;;/h4H,2-3H2,1H3;2*1H;/q;;;+2/p-2. The summed E-state index contributed by atoms with van der Waals surface area (Å²) >= 11 is 6.25. The molecule has 1 fully saturated rings. The second-order valence-electron chi connectivity index (χ2n) is 1.90. The molecular formula is C5H8Br2O2Zn.